The highest BCUT2D eigenvalue weighted by Crippen LogP contribution is 2.68. The van der Waals surface area contributed by atoms with Gasteiger partial charge in [-0.1, -0.05) is 0 Å². The second kappa shape index (κ2) is 6.62. The molecule has 1 spiro atoms. The Balaban J connectivity index is 1.37. The number of carbonyl (C=O) groups excluding carboxylic acids is 2. The Morgan fingerprint density at radius 2 is 2.08 bits per heavy atom. The van der Waals surface area contributed by atoms with E-state index < -0.39 is 5.41 Å². The normalized spacial score (nSPS) is 31.4. The van der Waals surface area contributed by atoms with Gasteiger partial charge >= 0.3 is 0 Å². The molecule has 6 nitrogen and oxygen atoms in total. The zero-order valence-corrected chi connectivity index (χ0v) is 16.0. The van der Waals surface area contributed by atoms with E-state index in [0.29, 0.717) is 25.8 Å². The van der Waals surface area contributed by atoms with Gasteiger partial charge in [-0.2, -0.15) is 11.3 Å². The van der Waals surface area contributed by atoms with Crippen molar-refractivity contribution in [2.24, 2.45) is 5.41 Å². The van der Waals surface area contributed by atoms with Crippen molar-refractivity contribution in [3.05, 3.63) is 22.4 Å². The summed E-state index contributed by atoms with van der Waals surface area (Å²) < 4.78 is 6.56. The minimum Gasteiger partial charge on any atom is -0.365 e. The van der Waals surface area contributed by atoms with E-state index in [1.807, 2.05) is 5.38 Å². The molecular weight excluding hydrogens is 350 g/mol. The zero-order chi connectivity index (χ0) is 18.3. The molecule has 0 aromatic carbocycles. The van der Waals surface area contributed by atoms with Crippen LogP contribution in [0.3, 0.4) is 0 Å². The van der Waals surface area contributed by atoms with E-state index in [0.717, 1.165) is 32.4 Å². The van der Waals surface area contributed by atoms with Crippen LogP contribution in [-0.4, -0.2) is 49.7 Å². The predicted octanol–water partition coefficient (Wildman–Crippen LogP) is 1.21. The van der Waals surface area contributed by atoms with E-state index in [2.05, 4.69) is 27.4 Å². The topological polar surface area (TPSA) is 79.5 Å². The van der Waals surface area contributed by atoms with E-state index in [1.54, 1.807) is 18.4 Å². The molecule has 5 rings (SSSR count). The SMILES string of the molecule is CNC(=O)C12CC(CNC(=O)CCc3ccsc3)(C1)OC21CCNCC1. The molecule has 26 heavy (non-hydrogen) atoms. The lowest BCUT2D eigenvalue weighted by Gasteiger charge is -2.47. The van der Waals surface area contributed by atoms with Crippen molar-refractivity contribution in [1.82, 2.24) is 16.0 Å². The van der Waals surface area contributed by atoms with Gasteiger partial charge in [0.05, 0.1) is 16.6 Å². The van der Waals surface area contributed by atoms with Gasteiger partial charge in [-0.25, -0.2) is 0 Å². The standard InChI is InChI=1S/C19H27N3O3S/c1-20-16(24)18-11-17(12-18,25-19(18)5-7-21-8-6-19)13-22-15(23)3-2-14-4-9-26-10-14/h4,9-10,21H,2-3,5-8,11-13H2,1H3,(H,20,24)(H,22,23). The van der Waals surface area contributed by atoms with Crippen molar-refractivity contribution in [2.45, 2.75) is 49.7 Å². The molecule has 4 fully saturated rings. The molecule has 3 saturated heterocycles. The lowest BCUT2D eigenvalue weighted by Crippen LogP contribution is -2.61. The first-order valence-electron chi connectivity index (χ1n) is 9.44. The minimum atomic E-state index is -0.425. The van der Waals surface area contributed by atoms with E-state index in [9.17, 15) is 9.59 Å². The molecule has 2 amide bonds. The average Bonchev–Trinajstić information content (AvgIpc) is 3.29. The van der Waals surface area contributed by atoms with E-state index in [-0.39, 0.29) is 23.0 Å². The Morgan fingerprint density at radius 1 is 1.31 bits per heavy atom. The zero-order valence-electron chi connectivity index (χ0n) is 15.2. The maximum absolute atomic E-state index is 12.7. The number of carbonyl (C=O) groups is 2. The highest BCUT2D eigenvalue weighted by molar-refractivity contribution is 7.07. The summed E-state index contributed by atoms with van der Waals surface area (Å²) in [5.74, 6) is 0.147. The molecule has 1 aromatic heterocycles. The maximum Gasteiger partial charge on any atom is 0.229 e. The Labute approximate surface area is 158 Å². The Hall–Kier alpha value is -1.44. The van der Waals surface area contributed by atoms with Crippen LogP contribution in [0.2, 0.25) is 0 Å². The van der Waals surface area contributed by atoms with Gasteiger partial charge < -0.3 is 20.7 Å². The molecule has 7 heteroatoms. The van der Waals surface area contributed by atoms with Crippen molar-refractivity contribution in [2.75, 3.05) is 26.7 Å². The summed E-state index contributed by atoms with van der Waals surface area (Å²) in [6.45, 7) is 2.26. The highest BCUT2D eigenvalue weighted by Gasteiger charge is 2.77. The van der Waals surface area contributed by atoms with Crippen LogP contribution in [0.1, 0.15) is 37.7 Å². The van der Waals surface area contributed by atoms with Crippen molar-refractivity contribution in [3.63, 3.8) is 0 Å². The van der Waals surface area contributed by atoms with Gasteiger partial charge in [0.2, 0.25) is 11.8 Å². The summed E-state index contributed by atoms with van der Waals surface area (Å²) in [5, 5.41) is 13.4. The fourth-order valence-electron chi connectivity index (χ4n) is 5.17. The van der Waals surface area contributed by atoms with Crippen molar-refractivity contribution in [1.29, 1.82) is 0 Å². The second-order valence-corrected chi connectivity index (χ2v) is 8.73. The third-order valence-corrected chi connectivity index (χ3v) is 7.17. The van der Waals surface area contributed by atoms with Crippen molar-refractivity contribution >= 4 is 23.2 Å². The quantitative estimate of drug-likeness (QED) is 0.696. The number of piperidine rings is 1. The summed E-state index contributed by atoms with van der Waals surface area (Å²) in [4.78, 5) is 24.9. The van der Waals surface area contributed by atoms with Crippen LogP contribution < -0.4 is 16.0 Å². The molecule has 4 heterocycles. The third kappa shape index (κ3) is 2.77. The van der Waals surface area contributed by atoms with Crippen LogP contribution in [-0.2, 0) is 20.7 Å². The summed E-state index contributed by atoms with van der Waals surface area (Å²) in [7, 11) is 1.70. The molecule has 3 aliphatic heterocycles. The monoisotopic (exact) mass is 377 g/mol. The van der Waals surface area contributed by atoms with Crippen LogP contribution >= 0.6 is 11.3 Å². The Morgan fingerprint density at radius 3 is 2.73 bits per heavy atom. The van der Waals surface area contributed by atoms with E-state index in [1.165, 1.54) is 5.56 Å². The second-order valence-electron chi connectivity index (χ2n) is 7.95. The van der Waals surface area contributed by atoms with Crippen molar-refractivity contribution in [3.8, 4) is 0 Å². The minimum absolute atomic E-state index is 0.0536. The van der Waals surface area contributed by atoms with E-state index >= 15 is 0 Å². The third-order valence-electron chi connectivity index (χ3n) is 6.43. The van der Waals surface area contributed by atoms with E-state index in [4.69, 9.17) is 4.74 Å². The lowest BCUT2D eigenvalue weighted by molar-refractivity contribution is -0.140. The summed E-state index contributed by atoms with van der Waals surface area (Å²) in [6, 6.07) is 2.06. The van der Waals surface area contributed by atoms with Gasteiger partial charge in [0.1, 0.15) is 0 Å². The number of ether oxygens (including phenoxy) is 1. The largest absolute Gasteiger partial charge is 0.365 e. The lowest BCUT2D eigenvalue weighted by atomic mass is 9.53. The van der Waals surface area contributed by atoms with Crippen molar-refractivity contribution < 1.29 is 14.3 Å². The molecule has 4 aliphatic rings. The number of rotatable bonds is 6. The van der Waals surface area contributed by atoms with Gasteiger partial charge in [-0.3, -0.25) is 9.59 Å². The van der Waals surface area contributed by atoms with Crippen LogP contribution in [0.5, 0.6) is 0 Å². The van der Waals surface area contributed by atoms with Crippen LogP contribution in [0, 0.1) is 5.41 Å². The number of aryl methyl sites for hydroxylation is 1. The molecule has 1 aromatic rings. The molecule has 0 atom stereocenters. The van der Waals surface area contributed by atoms with Gasteiger partial charge in [-0.15, -0.1) is 0 Å². The predicted molar refractivity (Wildman–Crippen MR) is 100 cm³/mol. The number of hydrogen-bond acceptors (Lipinski definition) is 5. The Kier molecular flexibility index (Phi) is 4.57. The molecule has 0 unspecified atom stereocenters. The van der Waals surface area contributed by atoms with Crippen LogP contribution in [0.25, 0.3) is 0 Å². The molecule has 142 valence electrons. The van der Waals surface area contributed by atoms with Gasteiger partial charge in [-0.05, 0) is 67.6 Å². The number of hydrogen-bond donors (Lipinski definition) is 3. The fraction of sp³-hybridized carbons (Fsp3) is 0.684. The first-order valence-corrected chi connectivity index (χ1v) is 10.4. The Bertz CT molecular complexity index is 676. The molecule has 0 radical (unpaired) electrons. The fourth-order valence-corrected chi connectivity index (χ4v) is 5.88. The summed E-state index contributed by atoms with van der Waals surface area (Å²) in [5.41, 5.74) is 0.0313. The molecule has 2 bridgehead atoms. The first kappa shape index (κ1) is 17.9. The van der Waals surface area contributed by atoms with Gasteiger partial charge in [0.25, 0.3) is 0 Å². The number of thiophene rings is 1. The van der Waals surface area contributed by atoms with Gasteiger partial charge in [0, 0.05) is 20.0 Å². The van der Waals surface area contributed by atoms with Crippen LogP contribution in [0.4, 0.5) is 0 Å². The van der Waals surface area contributed by atoms with Crippen LogP contribution in [0.15, 0.2) is 16.8 Å². The molecule has 1 aliphatic carbocycles. The highest BCUT2D eigenvalue weighted by atomic mass is 32.1. The van der Waals surface area contributed by atoms with Gasteiger partial charge in [0.15, 0.2) is 0 Å². The average molecular weight is 378 g/mol. The first-order chi connectivity index (χ1) is 12.5. The summed E-state index contributed by atoms with van der Waals surface area (Å²) >= 11 is 1.65. The molecular formula is C19H27N3O3S. The number of nitrogens with one attached hydrogen (secondary N) is 3. The molecule has 3 N–H and O–H groups in total. The smallest absolute Gasteiger partial charge is 0.229 e. The molecule has 1 saturated carbocycles. The summed E-state index contributed by atoms with van der Waals surface area (Å²) in [6.07, 6.45) is 4.39. The number of amides is 2. The maximum atomic E-state index is 12.7.